The molecule has 3 aromatic rings. The number of aryl methyl sites for hydroxylation is 1. The summed E-state index contributed by atoms with van der Waals surface area (Å²) in [4.78, 5) is 4.37. The van der Waals surface area contributed by atoms with Gasteiger partial charge in [0.15, 0.2) is 0 Å². The minimum Gasteiger partial charge on any atom is -0.275 e. The summed E-state index contributed by atoms with van der Waals surface area (Å²) in [6.07, 6.45) is 5.57. The molecule has 5 nitrogen and oxygen atoms in total. The monoisotopic (exact) mass is 253 g/mol. The van der Waals surface area contributed by atoms with Crippen molar-refractivity contribution in [1.29, 1.82) is 0 Å². The van der Waals surface area contributed by atoms with Crippen LogP contribution in [0.5, 0.6) is 0 Å². The Labute approximate surface area is 111 Å². The quantitative estimate of drug-likeness (QED) is 0.548. The fraction of sp³-hybridized carbons (Fsp3) is 0.143. The molecule has 5 heteroatoms. The normalized spacial score (nSPS) is 12.7. The van der Waals surface area contributed by atoms with Crippen molar-refractivity contribution in [3.63, 3.8) is 0 Å². The SMILES string of the molecule is Cn1cc(C(NN)c2cccc3ncccc23)cn1. The van der Waals surface area contributed by atoms with Crippen molar-refractivity contribution < 1.29 is 0 Å². The van der Waals surface area contributed by atoms with Crippen LogP contribution in [0.1, 0.15) is 17.2 Å². The zero-order valence-corrected chi connectivity index (χ0v) is 10.6. The molecule has 0 fully saturated rings. The van der Waals surface area contributed by atoms with E-state index < -0.39 is 0 Å². The number of fused-ring (bicyclic) bond motifs is 1. The number of nitrogens with two attached hydrogens (primary N) is 1. The second-order valence-electron chi connectivity index (χ2n) is 4.46. The summed E-state index contributed by atoms with van der Waals surface area (Å²) in [7, 11) is 1.89. The van der Waals surface area contributed by atoms with E-state index in [0.717, 1.165) is 22.0 Å². The maximum absolute atomic E-state index is 5.73. The van der Waals surface area contributed by atoms with E-state index in [-0.39, 0.29) is 6.04 Å². The van der Waals surface area contributed by atoms with E-state index in [1.165, 1.54) is 0 Å². The van der Waals surface area contributed by atoms with Crippen molar-refractivity contribution in [3.05, 3.63) is 60.0 Å². The number of pyridine rings is 1. The van der Waals surface area contributed by atoms with Crippen LogP contribution < -0.4 is 11.3 Å². The summed E-state index contributed by atoms with van der Waals surface area (Å²) in [5, 5.41) is 5.29. The van der Waals surface area contributed by atoms with Gasteiger partial charge in [-0.15, -0.1) is 0 Å². The lowest BCUT2D eigenvalue weighted by Gasteiger charge is -2.16. The fourth-order valence-corrected chi connectivity index (χ4v) is 2.33. The van der Waals surface area contributed by atoms with Gasteiger partial charge in [0.1, 0.15) is 0 Å². The summed E-state index contributed by atoms with van der Waals surface area (Å²) in [6, 6.07) is 9.94. The van der Waals surface area contributed by atoms with Gasteiger partial charge in [0.25, 0.3) is 0 Å². The van der Waals surface area contributed by atoms with Gasteiger partial charge in [0.2, 0.25) is 0 Å². The third kappa shape index (κ3) is 2.09. The van der Waals surface area contributed by atoms with Gasteiger partial charge in [-0.1, -0.05) is 18.2 Å². The Balaban J connectivity index is 2.16. The van der Waals surface area contributed by atoms with Gasteiger partial charge in [-0.25, -0.2) is 5.43 Å². The molecule has 2 heterocycles. The minimum atomic E-state index is -0.0957. The molecule has 19 heavy (non-hydrogen) atoms. The van der Waals surface area contributed by atoms with Gasteiger partial charge in [0.05, 0.1) is 17.8 Å². The second kappa shape index (κ2) is 4.79. The largest absolute Gasteiger partial charge is 0.275 e. The Morgan fingerprint density at radius 1 is 1.26 bits per heavy atom. The van der Waals surface area contributed by atoms with E-state index in [4.69, 9.17) is 5.84 Å². The Kier molecular flexibility index (Phi) is 2.98. The molecule has 0 amide bonds. The van der Waals surface area contributed by atoms with Crippen LogP contribution in [0.2, 0.25) is 0 Å². The number of hydrogen-bond donors (Lipinski definition) is 2. The van der Waals surface area contributed by atoms with Gasteiger partial charge in [-0.3, -0.25) is 15.5 Å². The lowest BCUT2D eigenvalue weighted by molar-refractivity contribution is 0.639. The molecule has 3 rings (SSSR count). The molecule has 0 radical (unpaired) electrons. The van der Waals surface area contributed by atoms with E-state index in [1.54, 1.807) is 10.9 Å². The van der Waals surface area contributed by atoms with Crippen LogP contribution in [0.15, 0.2) is 48.9 Å². The molecule has 1 atom stereocenters. The number of benzene rings is 1. The molecule has 0 saturated heterocycles. The van der Waals surface area contributed by atoms with Crippen LogP contribution in [0.4, 0.5) is 0 Å². The zero-order valence-electron chi connectivity index (χ0n) is 10.6. The Morgan fingerprint density at radius 2 is 2.16 bits per heavy atom. The molecular formula is C14H15N5. The summed E-state index contributed by atoms with van der Waals surface area (Å²) < 4.78 is 1.77. The summed E-state index contributed by atoms with van der Waals surface area (Å²) in [5.41, 5.74) is 5.95. The molecule has 0 saturated carbocycles. The minimum absolute atomic E-state index is 0.0957. The van der Waals surface area contributed by atoms with Gasteiger partial charge in [-0.05, 0) is 17.7 Å². The van der Waals surface area contributed by atoms with Crippen LogP contribution in [-0.2, 0) is 7.05 Å². The second-order valence-corrected chi connectivity index (χ2v) is 4.46. The Morgan fingerprint density at radius 3 is 2.89 bits per heavy atom. The number of hydrazine groups is 1. The highest BCUT2D eigenvalue weighted by Gasteiger charge is 2.16. The number of aromatic nitrogens is 3. The average Bonchev–Trinajstić information content (AvgIpc) is 2.86. The maximum atomic E-state index is 5.73. The Hall–Kier alpha value is -2.24. The summed E-state index contributed by atoms with van der Waals surface area (Å²) in [6.45, 7) is 0. The van der Waals surface area contributed by atoms with E-state index in [0.29, 0.717) is 0 Å². The third-order valence-electron chi connectivity index (χ3n) is 3.22. The van der Waals surface area contributed by atoms with Gasteiger partial charge in [-0.2, -0.15) is 5.10 Å². The topological polar surface area (TPSA) is 68.8 Å². The average molecular weight is 253 g/mol. The molecular weight excluding hydrogens is 238 g/mol. The van der Waals surface area contributed by atoms with Crippen molar-refractivity contribution in [2.45, 2.75) is 6.04 Å². The van der Waals surface area contributed by atoms with Crippen LogP contribution in [0.3, 0.4) is 0 Å². The fourth-order valence-electron chi connectivity index (χ4n) is 2.33. The van der Waals surface area contributed by atoms with Crippen LogP contribution in [-0.4, -0.2) is 14.8 Å². The van der Waals surface area contributed by atoms with Crippen molar-refractivity contribution in [3.8, 4) is 0 Å². The third-order valence-corrected chi connectivity index (χ3v) is 3.22. The van der Waals surface area contributed by atoms with E-state index in [9.17, 15) is 0 Å². The molecule has 3 N–H and O–H groups in total. The molecule has 96 valence electrons. The van der Waals surface area contributed by atoms with Crippen molar-refractivity contribution in [1.82, 2.24) is 20.2 Å². The standard InChI is InChI=1S/C14H15N5/c1-19-9-10(8-17-19)14(18-15)12-4-2-6-13-11(12)5-3-7-16-13/h2-9,14,18H,15H2,1H3. The first kappa shape index (κ1) is 11.8. The zero-order chi connectivity index (χ0) is 13.2. The van der Waals surface area contributed by atoms with Crippen molar-refractivity contribution in [2.24, 2.45) is 12.9 Å². The number of nitrogens with one attached hydrogen (secondary N) is 1. The van der Waals surface area contributed by atoms with Crippen molar-refractivity contribution >= 4 is 10.9 Å². The molecule has 0 bridgehead atoms. The number of nitrogens with zero attached hydrogens (tertiary/aromatic N) is 3. The first-order valence-corrected chi connectivity index (χ1v) is 6.08. The van der Waals surface area contributed by atoms with Crippen LogP contribution in [0.25, 0.3) is 10.9 Å². The lowest BCUT2D eigenvalue weighted by atomic mass is 9.98. The maximum Gasteiger partial charge on any atom is 0.0747 e. The smallest absolute Gasteiger partial charge is 0.0747 e. The van der Waals surface area contributed by atoms with E-state index in [2.05, 4.69) is 27.6 Å². The molecule has 0 spiro atoms. The van der Waals surface area contributed by atoms with Crippen LogP contribution >= 0.6 is 0 Å². The molecule has 1 aromatic carbocycles. The molecule has 0 aliphatic carbocycles. The predicted molar refractivity (Wildman–Crippen MR) is 74.1 cm³/mol. The van der Waals surface area contributed by atoms with E-state index >= 15 is 0 Å². The summed E-state index contributed by atoms with van der Waals surface area (Å²) in [5.74, 6) is 5.73. The summed E-state index contributed by atoms with van der Waals surface area (Å²) >= 11 is 0. The highest BCUT2D eigenvalue weighted by atomic mass is 15.3. The van der Waals surface area contributed by atoms with Gasteiger partial charge >= 0.3 is 0 Å². The molecule has 0 aliphatic heterocycles. The molecule has 2 aromatic heterocycles. The van der Waals surface area contributed by atoms with Gasteiger partial charge in [0, 0.05) is 30.4 Å². The highest BCUT2D eigenvalue weighted by Crippen LogP contribution is 2.27. The van der Waals surface area contributed by atoms with E-state index in [1.807, 2.05) is 37.6 Å². The first-order valence-electron chi connectivity index (χ1n) is 6.08. The highest BCUT2D eigenvalue weighted by molar-refractivity contribution is 5.82. The van der Waals surface area contributed by atoms with Crippen molar-refractivity contribution in [2.75, 3.05) is 0 Å². The van der Waals surface area contributed by atoms with Gasteiger partial charge < -0.3 is 0 Å². The molecule has 1 unspecified atom stereocenters. The lowest BCUT2D eigenvalue weighted by Crippen LogP contribution is -2.28. The van der Waals surface area contributed by atoms with Crippen LogP contribution in [0, 0.1) is 0 Å². The first-order chi connectivity index (χ1) is 9.29. The number of rotatable bonds is 3. The molecule has 0 aliphatic rings. The number of hydrogen-bond acceptors (Lipinski definition) is 4. The Bertz CT molecular complexity index is 698. The predicted octanol–water partition coefficient (Wildman–Crippen LogP) is 1.52.